The molecule has 0 aromatic carbocycles. The largest absolute Gasteiger partial charge is 0.361 e. The fraction of sp³-hybridized carbons (Fsp3) is 0.692. The van der Waals surface area contributed by atoms with E-state index >= 15 is 0 Å². The Morgan fingerprint density at radius 1 is 1.58 bits per heavy atom. The Hall–Kier alpha value is -1.17. The van der Waals surface area contributed by atoms with Gasteiger partial charge in [-0.25, -0.2) is 0 Å². The molecule has 1 aromatic heterocycles. The van der Waals surface area contributed by atoms with Crippen molar-refractivity contribution in [2.24, 2.45) is 0 Å². The highest BCUT2D eigenvalue weighted by molar-refractivity contribution is 7.85. The van der Waals surface area contributed by atoms with E-state index in [2.05, 4.69) is 10.5 Å². The molecule has 1 aromatic rings. The van der Waals surface area contributed by atoms with E-state index in [4.69, 9.17) is 4.52 Å². The fourth-order valence-corrected chi connectivity index (χ4v) is 3.25. The first-order valence-electron chi connectivity index (χ1n) is 6.66. The topological polar surface area (TPSA) is 72.2 Å². The lowest BCUT2D eigenvalue weighted by Gasteiger charge is -2.15. The summed E-state index contributed by atoms with van der Waals surface area (Å²) in [5.41, 5.74) is 0.636. The Morgan fingerprint density at radius 2 is 2.26 bits per heavy atom. The summed E-state index contributed by atoms with van der Waals surface area (Å²) in [5, 5.41) is 6.26. The van der Waals surface area contributed by atoms with E-state index in [1.807, 2.05) is 0 Å². The number of amides is 1. The highest BCUT2D eigenvalue weighted by Crippen LogP contribution is 2.18. The van der Waals surface area contributed by atoms with E-state index in [-0.39, 0.29) is 17.7 Å². The molecule has 1 N–H and O–H groups in total. The molecule has 1 aliphatic rings. The van der Waals surface area contributed by atoms with Crippen LogP contribution in [0.1, 0.15) is 44.1 Å². The average Bonchev–Trinajstić information content (AvgIpc) is 3.00. The molecule has 2 rings (SSSR count). The SMILES string of the molecule is Cc1cc(C[S@@](=O)[C@H](C)C(=O)NC2CCCC2)no1. The molecule has 1 amide bonds. The first-order valence-corrected chi connectivity index (χ1v) is 8.04. The summed E-state index contributed by atoms with van der Waals surface area (Å²) in [7, 11) is -1.27. The number of aryl methyl sites for hydroxylation is 1. The molecular formula is C13H20N2O3S. The van der Waals surface area contributed by atoms with Crippen LogP contribution in [0.15, 0.2) is 10.6 Å². The molecule has 1 saturated carbocycles. The zero-order valence-corrected chi connectivity index (χ0v) is 12.2. The number of aromatic nitrogens is 1. The van der Waals surface area contributed by atoms with Crippen LogP contribution in [-0.2, 0) is 21.3 Å². The van der Waals surface area contributed by atoms with Gasteiger partial charge in [0.05, 0.1) is 11.4 Å². The minimum absolute atomic E-state index is 0.120. The number of rotatable bonds is 5. The van der Waals surface area contributed by atoms with Gasteiger partial charge in [0, 0.05) is 22.9 Å². The van der Waals surface area contributed by atoms with Crippen molar-refractivity contribution in [2.45, 2.75) is 56.6 Å². The lowest BCUT2D eigenvalue weighted by Crippen LogP contribution is -2.40. The standard InChI is InChI=1S/C13H20N2O3S/c1-9-7-12(15-18-9)8-19(17)10(2)13(16)14-11-5-3-4-6-11/h7,10-11H,3-6,8H2,1-2H3,(H,14,16)/t10-,19-/m1/s1. The van der Waals surface area contributed by atoms with Crippen LogP contribution in [0, 0.1) is 6.92 Å². The summed E-state index contributed by atoms with van der Waals surface area (Å²) in [5.74, 6) is 0.830. The number of carbonyl (C=O) groups excluding carboxylic acids is 1. The van der Waals surface area contributed by atoms with Crippen molar-refractivity contribution in [2.75, 3.05) is 0 Å². The smallest absolute Gasteiger partial charge is 0.235 e. The molecule has 1 fully saturated rings. The van der Waals surface area contributed by atoms with E-state index < -0.39 is 16.0 Å². The van der Waals surface area contributed by atoms with Crippen LogP contribution in [0.4, 0.5) is 0 Å². The second kappa shape index (κ2) is 6.32. The maximum Gasteiger partial charge on any atom is 0.235 e. The Bertz CT molecular complexity index is 466. The van der Waals surface area contributed by atoms with Crippen LogP contribution in [-0.4, -0.2) is 26.6 Å². The van der Waals surface area contributed by atoms with Gasteiger partial charge in [-0.15, -0.1) is 0 Å². The summed E-state index contributed by atoms with van der Waals surface area (Å²) in [4.78, 5) is 12.0. The van der Waals surface area contributed by atoms with Crippen molar-refractivity contribution in [1.82, 2.24) is 10.5 Å². The third-order valence-corrected chi connectivity index (χ3v) is 5.02. The van der Waals surface area contributed by atoms with Gasteiger partial charge >= 0.3 is 0 Å². The Kier molecular flexibility index (Phi) is 4.74. The van der Waals surface area contributed by atoms with Gasteiger partial charge in [0.1, 0.15) is 11.0 Å². The molecule has 6 heteroatoms. The molecule has 0 bridgehead atoms. The van der Waals surface area contributed by atoms with E-state index in [0.717, 1.165) is 12.8 Å². The number of hydrogen-bond donors (Lipinski definition) is 1. The first-order chi connectivity index (χ1) is 9.06. The fourth-order valence-electron chi connectivity index (χ4n) is 2.26. The number of hydrogen-bond acceptors (Lipinski definition) is 4. The Balaban J connectivity index is 1.85. The van der Waals surface area contributed by atoms with Gasteiger partial charge in [0.2, 0.25) is 5.91 Å². The van der Waals surface area contributed by atoms with Crippen molar-refractivity contribution in [3.8, 4) is 0 Å². The molecule has 0 radical (unpaired) electrons. The van der Waals surface area contributed by atoms with E-state index in [1.54, 1.807) is 19.9 Å². The Morgan fingerprint density at radius 3 is 2.84 bits per heavy atom. The van der Waals surface area contributed by atoms with Gasteiger partial charge in [-0.05, 0) is 26.7 Å². The summed E-state index contributed by atoms with van der Waals surface area (Å²) in [6.07, 6.45) is 4.41. The molecule has 1 aliphatic carbocycles. The second-order valence-electron chi connectivity index (χ2n) is 5.09. The maximum absolute atomic E-state index is 12.1. The zero-order chi connectivity index (χ0) is 13.8. The quantitative estimate of drug-likeness (QED) is 0.893. The minimum Gasteiger partial charge on any atom is -0.361 e. The molecule has 2 atom stereocenters. The molecule has 0 spiro atoms. The van der Waals surface area contributed by atoms with Gasteiger partial charge in [-0.1, -0.05) is 18.0 Å². The predicted molar refractivity (Wildman–Crippen MR) is 72.9 cm³/mol. The molecule has 0 aliphatic heterocycles. The Labute approximate surface area is 115 Å². The highest BCUT2D eigenvalue weighted by Gasteiger charge is 2.24. The van der Waals surface area contributed by atoms with Crippen LogP contribution in [0.2, 0.25) is 0 Å². The second-order valence-corrected chi connectivity index (χ2v) is 6.84. The molecule has 0 unspecified atom stereocenters. The normalized spacial score (nSPS) is 19.3. The van der Waals surface area contributed by atoms with Crippen molar-refractivity contribution in [1.29, 1.82) is 0 Å². The molecular weight excluding hydrogens is 264 g/mol. The van der Waals surface area contributed by atoms with E-state index in [0.29, 0.717) is 11.5 Å². The van der Waals surface area contributed by atoms with Crippen molar-refractivity contribution < 1.29 is 13.5 Å². The molecule has 19 heavy (non-hydrogen) atoms. The van der Waals surface area contributed by atoms with Gasteiger partial charge in [-0.3, -0.25) is 9.00 Å². The van der Waals surface area contributed by atoms with Crippen LogP contribution >= 0.6 is 0 Å². The van der Waals surface area contributed by atoms with Gasteiger partial charge in [-0.2, -0.15) is 0 Å². The summed E-state index contributed by atoms with van der Waals surface area (Å²) >= 11 is 0. The van der Waals surface area contributed by atoms with Crippen molar-refractivity contribution in [3.05, 3.63) is 17.5 Å². The molecule has 0 saturated heterocycles. The van der Waals surface area contributed by atoms with Crippen molar-refractivity contribution >= 4 is 16.7 Å². The summed E-state index contributed by atoms with van der Waals surface area (Å²) < 4.78 is 17.0. The van der Waals surface area contributed by atoms with E-state index in [1.165, 1.54) is 12.8 Å². The van der Waals surface area contributed by atoms with Crippen molar-refractivity contribution in [3.63, 3.8) is 0 Å². The molecule has 106 valence electrons. The van der Waals surface area contributed by atoms with Gasteiger partial charge in [0.25, 0.3) is 0 Å². The minimum atomic E-state index is -1.27. The molecule has 1 heterocycles. The first kappa shape index (κ1) is 14.2. The summed E-state index contributed by atoms with van der Waals surface area (Å²) in [6, 6.07) is 2.01. The predicted octanol–water partition coefficient (Wildman–Crippen LogP) is 1.68. The number of carbonyl (C=O) groups is 1. The lowest BCUT2D eigenvalue weighted by molar-refractivity contribution is -0.121. The van der Waals surface area contributed by atoms with Crippen LogP contribution in [0.5, 0.6) is 0 Å². The third kappa shape index (κ3) is 3.89. The van der Waals surface area contributed by atoms with E-state index in [9.17, 15) is 9.00 Å². The van der Waals surface area contributed by atoms with Gasteiger partial charge in [0.15, 0.2) is 0 Å². The number of nitrogens with one attached hydrogen (secondary N) is 1. The third-order valence-electron chi connectivity index (χ3n) is 3.43. The molecule has 5 nitrogen and oxygen atoms in total. The van der Waals surface area contributed by atoms with Crippen LogP contribution < -0.4 is 5.32 Å². The summed E-state index contributed by atoms with van der Waals surface area (Å²) in [6.45, 7) is 3.49. The van der Waals surface area contributed by atoms with Crippen LogP contribution in [0.25, 0.3) is 0 Å². The zero-order valence-electron chi connectivity index (χ0n) is 11.3. The maximum atomic E-state index is 12.1. The average molecular weight is 284 g/mol. The highest BCUT2D eigenvalue weighted by atomic mass is 32.2. The lowest BCUT2D eigenvalue weighted by atomic mass is 10.2. The number of nitrogens with zero attached hydrogens (tertiary/aromatic N) is 1. The monoisotopic (exact) mass is 284 g/mol. The van der Waals surface area contributed by atoms with Gasteiger partial charge < -0.3 is 9.84 Å². The van der Waals surface area contributed by atoms with Crippen LogP contribution in [0.3, 0.4) is 0 Å².